The van der Waals surface area contributed by atoms with Crippen LogP contribution >= 0.6 is 20.8 Å². The first-order chi connectivity index (χ1) is 12.6. The predicted molar refractivity (Wildman–Crippen MR) is 107 cm³/mol. The van der Waals surface area contributed by atoms with Gasteiger partial charge in [-0.2, -0.15) is 11.1 Å². The Bertz CT molecular complexity index is 969. The number of carbonyl (C=O) groups excluding carboxylic acids is 1. The van der Waals surface area contributed by atoms with Crippen molar-refractivity contribution < 1.29 is 4.79 Å². The Morgan fingerprint density at radius 2 is 1.92 bits per heavy atom. The quantitative estimate of drug-likeness (QED) is 0.382. The molecule has 2 aromatic carbocycles. The number of rotatable bonds is 4. The van der Waals surface area contributed by atoms with E-state index >= 15 is 0 Å². The number of para-hydroxylation sites is 1. The second kappa shape index (κ2) is 7.32. The Morgan fingerprint density at radius 1 is 1.15 bits per heavy atom. The first-order valence-corrected chi connectivity index (χ1v) is 9.03. The van der Waals surface area contributed by atoms with Crippen molar-refractivity contribution in [2.75, 3.05) is 5.32 Å². The maximum absolute atomic E-state index is 12.6. The number of amides is 1. The number of H-pyrrole nitrogens is 1. The molecular formula is C17H18ClN6OP. The summed E-state index contributed by atoms with van der Waals surface area (Å²) in [4.78, 5) is 16.0. The third-order valence-electron chi connectivity index (χ3n) is 4.25. The summed E-state index contributed by atoms with van der Waals surface area (Å²) in [5.41, 5.74) is 15.2. The van der Waals surface area contributed by atoms with E-state index in [1.54, 1.807) is 6.07 Å². The molecule has 1 aliphatic heterocycles. The summed E-state index contributed by atoms with van der Waals surface area (Å²) in [5.74, 6) is -0.109. The summed E-state index contributed by atoms with van der Waals surface area (Å²) in [6.07, 6.45) is 0.0513. The van der Waals surface area contributed by atoms with Crippen LogP contribution in [0.1, 0.15) is 17.4 Å². The Kier molecular flexibility index (Phi) is 4.91. The minimum Gasteiger partial charge on any atom is -0.356 e. The van der Waals surface area contributed by atoms with E-state index < -0.39 is 0 Å². The molecule has 0 radical (unpaired) electrons. The van der Waals surface area contributed by atoms with Gasteiger partial charge in [-0.3, -0.25) is 4.79 Å². The van der Waals surface area contributed by atoms with Crippen LogP contribution in [0.25, 0.3) is 10.9 Å². The molecule has 3 aromatic rings. The molecule has 1 atom stereocenters. The number of anilines is 1. The minimum absolute atomic E-state index is 0.109. The first-order valence-electron chi connectivity index (χ1n) is 8.07. The topological polar surface area (TPSA) is 93.0 Å². The predicted octanol–water partition coefficient (Wildman–Crippen LogP) is 1.62. The van der Waals surface area contributed by atoms with E-state index in [1.807, 2.05) is 36.4 Å². The van der Waals surface area contributed by atoms with Gasteiger partial charge in [-0.25, -0.2) is 10.9 Å². The third kappa shape index (κ3) is 3.46. The third-order valence-corrected chi connectivity index (χ3v) is 5.27. The van der Waals surface area contributed by atoms with Crippen LogP contribution in [0.4, 0.5) is 5.69 Å². The molecule has 26 heavy (non-hydrogen) atoms. The zero-order valence-corrected chi connectivity index (χ0v) is 15.6. The SMILES string of the molecule is O=C(Cc1c(C2NNNN2)[nH]c2ccccc12)Nc1ccc(P)c(Cl)c1. The van der Waals surface area contributed by atoms with E-state index in [4.69, 9.17) is 11.6 Å². The van der Waals surface area contributed by atoms with Gasteiger partial charge in [-0.1, -0.05) is 35.9 Å². The van der Waals surface area contributed by atoms with Crippen molar-refractivity contribution in [3.8, 4) is 0 Å². The largest absolute Gasteiger partial charge is 0.356 e. The summed E-state index contributed by atoms with van der Waals surface area (Å²) in [5, 5.41) is 5.42. The number of hydrazine groups is 3. The lowest BCUT2D eigenvalue weighted by Crippen LogP contribution is -2.33. The van der Waals surface area contributed by atoms with E-state index in [-0.39, 0.29) is 18.5 Å². The summed E-state index contributed by atoms with van der Waals surface area (Å²) in [7, 11) is 2.56. The zero-order chi connectivity index (χ0) is 18.1. The molecule has 1 amide bonds. The minimum atomic E-state index is -0.184. The van der Waals surface area contributed by atoms with Gasteiger partial charge >= 0.3 is 0 Å². The smallest absolute Gasteiger partial charge is 0.228 e. The van der Waals surface area contributed by atoms with Crippen LogP contribution in [0.15, 0.2) is 42.5 Å². The Balaban J connectivity index is 1.62. The number of hydrogen-bond donors (Lipinski definition) is 6. The molecule has 0 bridgehead atoms. The average Bonchev–Trinajstić information content (AvgIpc) is 3.26. The van der Waals surface area contributed by atoms with Crippen LogP contribution in [-0.4, -0.2) is 10.9 Å². The molecule has 4 rings (SSSR count). The Labute approximate surface area is 157 Å². The molecule has 1 aromatic heterocycles. The molecule has 9 heteroatoms. The summed E-state index contributed by atoms with van der Waals surface area (Å²) in [6, 6.07) is 13.3. The van der Waals surface area contributed by atoms with Crippen LogP contribution in [0, 0.1) is 0 Å². The van der Waals surface area contributed by atoms with Crippen LogP contribution in [0.3, 0.4) is 0 Å². The fraction of sp³-hybridized carbons (Fsp3) is 0.118. The summed E-state index contributed by atoms with van der Waals surface area (Å²) in [6.45, 7) is 0. The summed E-state index contributed by atoms with van der Waals surface area (Å²) < 4.78 is 0. The molecule has 1 saturated heterocycles. The van der Waals surface area contributed by atoms with Crippen molar-refractivity contribution in [1.82, 2.24) is 26.9 Å². The molecule has 2 heterocycles. The van der Waals surface area contributed by atoms with Crippen molar-refractivity contribution in [1.29, 1.82) is 0 Å². The lowest BCUT2D eigenvalue weighted by atomic mass is 10.1. The van der Waals surface area contributed by atoms with Crippen LogP contribution in [0.5, 0.6) is 0 Å². The van der Waals surface area contributed by atoms with Gasteiger partial charge in [0.05, 0.1) is 12.1 Å². The first kappa shape index (κ1) is 17.4. The van der Waals surface area contributed by atoms with Crippen LogP contribution < -0.4 is 32.5 Å². The maximum Gasteiger partial charge on any atom is 0.228 e. The van der Waals surface area contributed by atoms with Crippen molar-refractivity contribution in [2.45, 2.75) is 12.6 Å². The van der Waals surface area contributed by atoms with Crippen LogP contribution in [-0.2, 0) is 11.2 Å². The fourth-order valence-electron chi connectivity index (χ4n) is 3.03. The summed E-state index contributed by atoms with van der Waals surface area (Å²) >= 11 is 6.12. The van der Waals surface area contributed by atoms with Gasteiger partial charge in [0.15, 0.2) is 0 Å². The fourth-order valence-corrected chi connectivity index (χ4v) is 3.39. The Morgan fingerprint density at radius 3 is 2.69 bits per heavy atom. The molecular weight excluding hydrogens is 371 g/mol. The monoisotopic (exact) mass is 388 g/mol. The highest BCUT2D eigenvalue weighted by atomic mass is 35.5. The lowest BCUT2D eigenvalue weighted by Gasteiger charge is -2.11. The Hall–Kier alpha value is -1.99. The second-order valence-electron chi connectivity index (χ2n) is 6.00. The van der Waals surface area contributed by atoms with Crippen molar-refractivity contribution in [3.05, 3.63) is 58.7 Å². The van der Waals surface area contributed by atoms with E-state index in [9.17, 15) is 4.79 Å². The maximum atomic E-state index is 12.6. The van der Waals surface area contributed by atoms with Gasteiger partial charge in [0, 0.05) is 21.6 Å². The van der Waals surface area contributed by atoms with Gasteiger partial charge in [0.1, 0.15) is 6.17 Å². The number of nitrogens with one attached hydrogen (secondary N) is 6. The number of carbonyl (C=O) groups is 1. The molecule has 1 aliphatic rings. The molecule has 0 saturated carbocycles. The average molecular weight is 389 g/mol. The number of fused-ring (bicyclic) bond motifs is 1. The molecule has 1 fully saturated rings. The standard InChI is InChI=1S/C17H18ClN6OP/c18-12-7-9(5-6-14(12)26)19-15(25)8-11-10-3-1-2-4-13(10)20-16(11)17-21-23-24-22-17/h1-7,17,20-24H,8,26H2,(H,19,25). The van der Waals surface area contributed by atoms with Gasteiger partial charge in [-0.05, 0) is 29.1 Å². The van der Waals surface area contributed by atoms with Gasteiger partial charge in [0.2, 0.25) is 5.91 Å². The molecule has 134 valence electrons. The lowest BCUT2D eigenvalue weighted by molar-refractivity contribution is -0.115. The highest BCUT2D eigenvalue weighted by molar-refractivity contribution is 7.28. The number of halogens is 1. The second-order valence-corrected chi connectivity index (χ2v) is 7.02. The molecule has 1 unspecified atom stereocenters. The number of aromatic nitrogens is 1. The van der Waals surface area contributed by atoms with E-state index in [1.165, 1.54) is 0 Å². The zero-order valence-electron chi connectivity index (χ0n) is 13.7. The van der Waals surface area contributed by atoms with E-state index in [2.05, 4.69) is 41.5 Å². The van der Waals surface area contributed by atoms with Crippen molar-refractivity contribution in [2.24, 2.45) is 0 Å². The van der Waals surface area contributed by atoms with Gasteiger partial charge in [0.25, 0.3) is 0 Å². The van der Waals surface area contributed by atoms with E-state index in [0.717, 1.165) is 27.5 Å². The number of benzene rings is 2. The highest BCUT2D eigenvalue weighted by Gasteiger charge is 2.23. The normalized spacial score (nSPS) is 14.8. The molecule has 0 spiro atoms. The van der Waals surface area contributed by atoms with Crippen LogP contribution in [0.2, 0.25) is 5.02 Å². The van der Waals surface area contributed by atoms with E-state index in [0.29, 0.717) is 10.7 Å². The number of hydrogen-bond acceptors (Lipinski definition) is 5. The number of aromatic amines is 1. The van der Waals surface area contributed by atoms with Gasteiger partial charge in [-0.15, -0.1) is 9.24 Å². The molecule has 6 N–H and O–H groups in total. The highest BCUT2D eigenvalue weighted by Crippen LogP contribution is 2.27. The van der Waals surface area contributed by atoms with Gasteiger partial charge < -0.3 is 10.3 Å². The van der Waals surface area contributed by atoms with Crippen molar-refractivity contribution >= 4 is 48.6 Å². The molecule has 0 aliphatic carbocycles. The van der Waals surface area contributed by atoms with Crippen molar-refractivity contribution in [3.63, 3.8) is 0 Å². The molecule has 7 nitrogen and oxygen atoms in total.